The summed E-state index contributed by atoms with van der Waals surface area (Å²) < 4.78 is 1.79. The van der Waals surface area contributed by atoms with Crippen LogP contribution in [0.1, 0.15) is 17.8 Å². The van der Waals surface area contributed by atoms with Gasteiger partial charge in [0.15, 0.2) is 0 Å². The molecular formula is C9H14Cl2N4. The van der Waals surface area contributed by atoms with Crippen molar-refractivity contribution in [2.45, 2.75) is 31.8 Å². The minimum absolute atomic E-state index is 0. The summed E-state index contributed by atoms with van der Waals surface area (Å²) in [6.45, 7) is 0.511. The zero-order valence-electron chi connectivity index (χ0n) is 8.22. The number of nitrogens with two attached hydrogens (primary N) is 1. The van der Waals surface area contributed by atoms with Crippen LogP contribution in [0.3, 0.4) is 0 Å². The molecule has 6 heteroatoms. The van der Waals surface area contributed by atoms with Gasteiger partial charge in [-0.2, -0.15) is 0 Å². The maximum atomic E-state index is 5.82. The Morgan fingerprint density at radius 2 is 2.27 bits per heavy atom. The van der Waals surface area contributed by atoms with Crippen molar-refractivity contribution in [2.24, 2.45) is 5.73 Å². The first-order valence-electron chi connectivity index (χ1n) is 4.41. The monoisotopic (exact) mass is 248 g/mol. The van der Waals surface area contributed by atoms with Crippen LogP contribution in [-0.4, -0.2) is 21.0 Å². The number of fused-ring (bicyclic) bond motifs is 1. The molecule has 0 amide bonds. The molecule has 2 rings (SSSR count). The molecule has 1 aromatic heterocycles. The Labute approximate surface area is 101 Å². The Morgan fingerprint density at radius 3 is 2.93 bits per heavy atom. The fourth-order valence-corrected chi connectivity index (χ4v) is 1.69. The third kappa shape index (κ3) is 2.85. The van der Waals surface area contributed by atoms with Crippen molar-refractivity contribution in [1.29, 1.82) is 0 Å². The summed E-state index contributed by atoms with van der Waals surface area (Å²) in [7, 11) is 0. The SMILES string of the molecule is C#CCn1nnc2c1CCC(N)C2.Cl.Cl. The molecule has 0 saturated heterocycles. The average Bonchev–Trinajstić information content (AvgIpc) is 2.49. The van der Waals surface area contributed by atoms with Gasteiger partial charge < -0.3 is 5.73 Å². The molecular weight excluding hydrogens is 235 g/mol. The molecule has 0 radical (unpaired) electrons. The van der Waals surface area contributed by atoms with Gasteiger partial charge in [-0.25, -0.2) is 4.68 Å². The lowest BCUT2D eigenvalue weighted by atomic mass is 9.97. The average molecular weight is 249 g/mol. The van der Waals surface area contributed by atoms with Gasteiger partial charge in [-0.15, -0.1) is 36.3 Å². The highest BCUT2D eigenvalue weighted by Crippen LogP contribution is 2.17. The Kier molecular flexibility index (Phi) is 5.66. The Balaban J connectivity index is 0.000000980. The van der Waals surface area contributed by atoms with Gasteiger partial charge in [0, 0.05) is 12.5 Å². The van der Waals surface area contributed by atoms with E-state index in [1.165, 1.54) is 5.69 Å². The summed E-state index contributed by atoms with van der Waals surface area (Å²) in [5, 5.41) is 8.05. The van der Waals surface area contributed by atoms with Gasteiger partial charge in [0.25, 0.3) is 0 Å². The van der Waals surface area contributed by atoms with Crippen molar-refractivity contribution in [3.05, 3.63) is 11.4 Å². The lowest BCUT2D eigenvalue weighted by molar-refractivity contribution is 0.545. The minimum Gasteiger partial charge on any atom is -0.327 e. The number of hydrogen-bond acceptors (Lipinski definition) is 3. The molecule has 0 fully saturated rings. The Bertz CT molecular complexity index is 355. The standard InChI is InChI=1S/C9H12N4.2ClH/c1-2-5-13-9-4-3-7(10)6-8(9)11-12-13;;/h1,7H,3-6,10H2;2*1H. The number of hydrogen-bond donors (Lipinski definition) is 1. The highest BCUT2D eigenvalue weighted by molar-refractivity contribution is 5.85. The van der Waals surface area contributed by atoms with E-state index in [0.717, 1.165) is 25.0 Å². The zero-order valence-corrected chi connectivity index (χ0v) is 9.85. The predicted molar refractivity (Wildman–Crippen MR) is 63.4 cm³/mol. The number of rotatable bonds is 1. The number of nitrogens with zero attached hydrogens (tertiary/aromatic N) is 3. The van der Waals surface area contributed by atoms with Gasteiger partial charge in [0.05, 0.1) is 11.4 Å². The van der Waals surface area contributed by atoms with E-state index >= 15 is 0 Å². The molecule has 0 aromatic carbocycles. The lowest BCUT2D eigenvalue weighted by Gasteiger charge is -2.16. The lowest BCUT2D eigenvalue weighted by Crippen LogP contribution is -2.28. The van der Waals surface area contributed by atoms with Crippen LogP contribution in [0.25, 0.3) is 0 Å². The molecule has 2 N–H and O–H groups in total. The van der Waals surface area contributed by atoms with Crippen LogP contribution in [-0.2, 0) is 19.4 Å². The van der Waals surface area contributed by atoms with Crippen LogP contribution in [0.4, 0.5) is 0 Å². The molecule has 1 unspecified atom stereocenters. The van der Waals surface area contributed by atoms with Gasteiger partial charge in [0.2, 0.25) is 0 Å². The fourth-order valence-electron chi connectivity index (χ4n) is 1.69. The van der Waals surface area contributed by atoms with E-state index < -0.39 is 0 Å². The second-order valence-corrected chi connectivity index (χ2v) is 3.35. The minimum atomic E-state index is 0. The largest absolute Gasteiger partial charge is 0.327 e. The van der Waals surface area contributed by atoms with E-state index in [2.05, 4.69) is 16.2 Å². The first-order valence-corrected chi connectivity index (χ1v) is 4.41. The van der Waals surface area contributed by atoms with Crippen LogP contribution in [0.2, 0.25) is 0 Å². The Morgan fingerprint density at radius 1 is 1.53 bits per heavy atom. The second kappa shape index (κ2) is 5.96. The van der Waals surface area contributed by atoms with E-state index in [-0.39, 0.29) is 30.9 Å². The topological polar surface area (TPSA) is 56.7 Å². The van der Waals surface area contributed by atoms with E-state index in [1.54, 1.807) is 4.68 Å². The first-order chi connectivity index (χ1) is 6.31. The van der Waals surface area contributed by atoms with Crippen LogP contribution in [0.5, 0.6) is 0 Å². The van der Waals surface area contributed by atoms with Crippen molar-refractivity contribution in [2.75, 3.05) is 0 Å². The maximum absolute atomic E-state index is 5.82. The van der Waals surface area contributed by atoms with E-state index in [9.17, 15) is 0 Å². The molecule has 0 aliphatic heterocycles. The number of aromatic nitrogens is 3. The van der Waals surface area contributed by atoms with Crippen molar-refractivity contribution in [3.63, 3.8) is 0 Å². The first kappa shape index (κ1) is 14.2. The summed E-state index contributed by atoms with van der Waals surface area (Å²) in [5.74, 6) is 2.56. The molecule has 0 bridgehead atoms. The third-order valence-corrected chi connectivity index (χ3v) is 2.37. The van der Waals surface area contributed by atoms with Crippen LogP contribution in [0, 0.1) is 12.3 Å². The predicted octanol–water partition coefficient (Wildman–Crippen LogP) is 0.571. The van der Waals surface area contributed by atoms with Gasteiger partial charge in [-0.1, -0.05) is 11.1 Å². The quantitative estimate of drug-likeness (QED) is 0.740. The number of halogens is 2. The zero-order chi connectivity index (χ0) is 9.26. The smallest absolute Gasteiger partial charge is 0.103 e. The molecule has 15 heavy (non-hydrogen) atoms. The highest BCUT2D eigenvalue weighted by Gasteiger charge is 2.20. The highest BCUT2D eigenvalue weighted by atomic mass is 35.5. The molecule has 1 aliphatic carbocycles. The molecule has 84 valence electrons. The Hall–Kier alpha value is -0.760. The molecule has 1 atom stereocenters. The summed E-state index contributed by atoms with van der Waals surface area (Å²) in [5.41, 5.74) is 8.00. The maximum Gasteiger partial charge on any atom is 0.103 e. The van der Waals surface area contributed by atoms with Crippen LogP contribution >= 0.6 is 24.8 Å². The summed E-state index contributed by atoms with van der Waals surface area (Å²) in [6.07, 6.45) is 8.00. The molecule has 1 aromatic rings. The van der Waals surface area contributed by atoms with E-state index in [4.69, 9.17) is 12.2 Å². The number of terminal acetylenes is 1. The van der Waals surface area contributed by atoms with Gasteiger partial charge in [-0.3, -0.25) is 0 Å². The fraction of sp³-hybridized carbons (Fsp3) is 0.556. The summed E-state index contributed by atoms with van der Waals surface area (Å²) in [4.78, 5) is 0. The summed E-state index contributed by atoms with van der Waals surface area (Å²) in [6, 6.07) is 0.239. The third-order valence-electron chi connectivity index (χ3n) is 2.37. The normalized spacial score (nSPS) is 18.0. The van der Waals surface area contributed by atoms with Gasteiger partial charge in [-0.05, 0) is 12.8 Å². The van der Waals surface area contributed by atoms with E-state index in [1.807, 2.05) is 0 Å². The molecule has 1 heterocycles. The van der Waals surface area contributed by atoms with E-state index in [0.29, 0.717) is 6.54 Å². The van der Waals surface area contributed by atoms with Crippen LogP contribution < -0.4 is 5.73 Å². The van der Waals surface area contributed by atoms with Crippen molar-refractivity contribution >= 4 is 24.8 Å². The molecule has 0 saturated carbocycles. The van der Waals surface area contributed by atoms with Gasteiger partial charge in [0.1, 0.15) is 6.54 Å². The molecule has 1 aliphatic rings. The summed E-state index contributed by atoms with van der Waals surface area (Å²) >= 11 is 0. The van der Waals surface area contributed by atoms with Crippen LogP contribution in [0.15, 0.2) is 0 Å². The van der Waals surface area contributed by atoms with Crippen molar-refractivity contribution < 1.29 is 0 Å². The van der Waals surface area contributed by atoms with Crippen molar-refractivity contribution in [3.8, 4) is 12.3 Å². The van der Waals surface area contributed by atoms with Crippen molar-refractivity contribution in [1.82, 2.24) is 15.0 Å². The molecule has 4 nitrogen and oxygen atoms in total. The second-order valence-electron chi connectivity index (χ2n) is 3.35. The van der Waals surface area contributed by atoms with Gasteiger partial charge >= 0.3 is 0 Å². The molecule has 0 spiro atoms.